The van der Waals surface area contributed by atoms with E-state index in [1.807, 2.05) is 0 Å². The first-order valence-corrected chi connectivity index (χ1v) is 7.97. The van der Waals surface area contributed by atoms with E-state index in [1.54, 1.807) is 24.3 Å². The maximum Gasteiger partial charge on any atom is 0.322 e. The zero-order valence-electron chi connectivity index (χ0n) is 13.2. The van der Waals surface area contributed by atoms with Crippen molar-refractivity contribution in [2.75, 3.05) is 5.32 Å². The summed E-state index contributed by atoms with van der Waals surface area (Å²) in [6.07, 6.45) is 0. The Kier molecular flexibility index (Phi) is 4.90. The van der Waals surface area contributed by atoms with Gasteiger partial charge in [-0.2, -0.15) is 0 Å². The highest BCUT2D eigenvalue weighted by atomic mass is 79.9. The minimum absolute atomic E-state index is 0.142. The summed E-state index contributed by atoms with van der Waals surface area (Å²) in [6, 6.07) is 9.28. The molecule has 0 aliphatic carbocycles. The van der Waals surface area contributed by atoms with Crippen molar-refractivity contribution in [2.45, 2.75) is 0 Å². The highest BCUT2D eigenvalue weighted by molar-refractivity contribution is 9.10. The van der Waals surface area contributed by atoms with Crippen LogP contribution in [-0.2, 0) is 0 Å². The van der Waals surface area contributed by atoms with Crippen molar-refractivity contribution in [3.05, 3.63) is 72.7 Å². The number of nitro groups is 2. The van der Waals surface area contributed by atoms with E-state index in [0.717, 1.165) is 22.7 Å². The third-order valence-corrected chi connectivity index (χ3v) is 3.85. The van der Waals surface area contributed by atoms with E-state index in [0.29, 0.717) is 5.56 Å². The maximum absolute atomic E-state index is 12.3. The molecule has 0 aliphatic rings. The molecular formula is C15H8BrN5O6. The second-order valence-electron chi connectivity index (χ2n) is 5.13. The number of nitrogens with one attached hydrogen (secondary N) is 1. The lowest BCUT2D eigenvalue weighted by molar-refractivity contribution is -0.394. The fourth-order valence-corrected chi connectivity index (χ4v) is 2.35. The molecule has 0 aliphatic heterocycles. The number of anilines is 1. The van der Waals surface area contributed by atoms with Gasteiger partial charge in [-0.25, -0.2) is 0 Å². The fraction of sp³-hybridized carbons (Fsp3) is 0. The number of nitro benzene ring substituents is 2. The number of halogens is 1. The van der Waals surface area contributed by atoms with Crippen LogP contribution in [0.2, 0.25) is 0 Å². The third kappa shape index (κ3) is 4.12. The van der Waals surface area contributed by atoms with Crippen LogP contribution in [0.3, 0.4) is 0 Å². The maximum atomic E-state index is 12.3. The minimum atomic E-state index is -0.868. The number of hydrogen-bond acceptors (Lipinski definition) is 8. The van der Waals surface area contributed by atoms with Crippen LogP contribution in [0.25, 0.3) is 11.5 Å². The number of hydrogen-bond donors (Lipinski definition) is 1. The average molecular weight is 434 g/mol. The van der Waals surface area contributed by atoms with Crippen molar-refractivity contribution in [1.82, 2.24) is 10.2 Å². The van der Waals surface area contributed by atoms with E-state index < -0.39 is 27.1 Å². The lowest BCUT2D eigenvalue weighted by Gasteiger charge is -2.01. The topological polar surface area (TPSA) is 154 Å². The number of carbonyl (C=O) groups excluding carboxylic acids is 1. The lowest BCUT2D eigenvalue weighted by Crippen LogP contribution is -2.13. The molecule has 0 radical (unpaired) electrons. The summed E-state index contributed by atoms with van der Waals surface area (Å²) in [6.45, 7) is 0. The van der Waals surface area contributed by atoms with E-state index in [1.165, 1.54) is 0 Å². The number of non-ortho nitro benzene ring substituents is 2. The van der Waals surface area contributed by atoms with Gasteiger partial charge in [0.15, 0.2) is 0 Å². The summed E-state index contributed by atoms with van der Waals surface area (Å²) in [5.74, 6) is -0.726. The van der Waals surface area contributed by atoms with Crippen LogP contribution in [0.15, 0.2) is 51.4 Å². The van der Waals surface area contributed by atoms with Gasteiger partial charge in [-0.1, -0.05) is 21.0 Å². The van der Waals surface area contributed by atoms with E-state index >= 15 is 0 Å². The number of aromatic nitrogens is 2. The van der Waals surface area contributed by atoms with E-state index in [4.69, 9.17) is 4.42 Å². The van der Waals surface area contributed by atoms with Gasteiger partial charge in [-0.3, -0.25) is 30.3 Å². The van der Waals surface area contributed by atoms with Gasteiger partial charge >= 0.3 is 6.01 Å². The summed E-state index contributed by atoms with van der Waals surface area (Å²) in [4.78, 5) is 32.4. The molecule has 1 heterocycles. The Balaban J connectivity index is 1.84. The van der Waals surface area contributed by atoms with Crippen LogP contribution in [0, 0.1) is 20.2 Å². The van der Waals surface area contributed by atoms with Gasteiger partial charge in [0.1, 0.15) is 0 Å². The van der Waals surface area contributed by atoms with Gasteiger partial charge in [0, 0.05) is 22.2 Å². The van der Waals surface area contributed by atoms with Crippen LogP contribution in [0.1, 0.15) is 10.4 Å². The zero-order chi connectivity index (χ0) is 19.6. The first-order chi connectivity index (χ1) is 12.8. The number of carbonyl (C=O) groups is 1. The number of rotatable bonds is 5. The fourth-order valence-electron chi connectivity index (χ4n) is 2.09. The molecular weight excluding hydrogens is 426 g/mol. The van der Waals surface area contributed by atoms with Crippen molar-refractivity contribution in [1.29, 1.82) is 0 Å². The molecule has 1 aromatic heterocycles. The molecule has 0 spiro atoms. The molecule has 0 saturated heterocycles. The largest absolute Gasteiger partial charge is 0.403 e. The van der Waals surface area contributed by atoms with Crippen LogP contribution in [0.4, 0.5) is 17.4 Å². The molecule has 1 amide bonds. The summed E-state index contributed by atoms with van der Waals surface area (Å²) < 4.78 is 6.17. The number of nitrogens with zero attached hydrogens (tertiary/aromatic N) is 4. The molecule has 0 bridgehead atoms. The van der Waals surface area contributed by atoms with E-state index in [-0.39, 0.29) is 17.5 Å². The highest BCUT2D eigenvalue weighted by Gasteiger charge is 2.21. The molecule has 3 aromatic rings. The summed E-state index contributed by atoms with van der Waals surface area (Å²) in [5, 5.41) is 31.5. The van der Waals surface area contributed by atoms with Gasteiger partial charge in [0.05, 0.1) is 21.5 Å². The Morgan fingerprint density at radius 1 is 1.00 bits per heavy atom. The molecule has 27 heavy (non-hydrogen) atoms. The van der Waals surface area contributed by atoms with Crippen molar-refractivity contribution in [3.63, 3.8) is 0 Å². The van der Waals surface area contributed by atoms with E-state index in [9.17, 15) is 25.0 Å². The van der Waals surface area contributed by atoms with Crippen LogP contribution >= 0.6 is 15.9 Å². The predicted octanol–water partition coefficient (Wildman–Crippen LogP) is 3.57. The van der Waals surface area contributed by atoms with Crippen LogP contribution < -0.4 is 5.32 Å². The Labute approximate surface area is 158 Å². The molecule has 3 rings (SSSR count). The Morgan fingerprint density at radius 2 is 1.59 bits per heavy atom. The second-order valence-corrected chi connectivity index (χ2v) is 6.04. The second kappa shape index (κ2) is 7.29. The Hall–Kier alpha value is -3.67. The summed E-state index contributed by atoms with van der Waals surface area (Å²) in [5.41, 5.74) is -0.859. The third-order valence-electron chi connectivity index (χ3n) is 3.32. The molecule has 0 unspecified atom stereocenters. The van der Waals surface area contributed by atoms with Gasteiger partial charge in [-0.05, 0) is 24.3 Å². The SMILES string of the molecule is O=C(Nc1nnc(-c2ccc(Br)cc2)o1)c1cc([N+](=O)[O-])cc([N+](=O)[O-])c1. The predicted molar refractivity (Wildman–Crippen MR) is 95.1 cm³/mol. The number of amides is 1. The summed E-state index contributed by atoms with van der Waals surface area (Å²) in [7, 11) is 0. The monoisotopic (exact) mass is 433 g/mol. The molecule has 12 heteroatoms. The molecule has 2 aromatic carbocycles. The molecule has 1 N–H and O–H groups in total. The first kappa shape index (κ1) is 18.1. The number of benzene rings is 2. The van der Waals surface area contributed by atoms with Crippen molar-refractivity contribution >= 4 is 39.2 Å². The minimum Gasteiger partial charge on any atom is -0.403 e. The molecule has 136 valence electrons. The highest BCUT2D eigenvalue weighted by Crippen LogP contribution is 2.25. The van der Waals surface area contributed by atoms with Gasteiger partial charge in [0.2, 0.25) is 5.89 Å². The first-order valence-electron chi connectivity index (χ1n) is 7.18. The Morgan fingerprint density at radius 3 is 2.15 bits per heavy atom. The Bertz CT molecular complexity index is 1020. The summed E-state index contributed by atoms with van der Waals surface area (Å²) >= 11 is 3.29. The molecule has 0 saturated carbocycles. The normalized spacial score (nSPS) is 10.4. The lowest BCUT2D eigenvalue weighted by atomic mass is 10.1. The van der Waals surface area contributed by atoms with Gasteiger partial charge in [-0.15, -0.1) is 5.10 Å². The molecule has 11 nitrogen and oxygen atoms in total. The van der Waals surface area contributed by atoms with Crippen molar-refractivity contribution in [2.24, 2.45) is 0 Å². The zero-order valence-corrected chi connectivity index (χ0v) is 14.7. The smallest absolute Gasteiger partial charge is 0.322 e. The van der Waals surface area contributed by atoms with Gasteiger partial charge in [0.25, 0.3) is 17.3 Å². The van der Waals surface area contributed by atoms with Crippen LogP contribution in [-0.4, -0.2) is 26.0 Å². The quantitative estimate of drug-likeness (QED) is 0.472. The van der Waals surface area contributed by atoms with Crippen LogP contribution in [0.5, 0.6) is 0 Å². The van der Waals surface area contributed by atoms with Crippen molar-refractivity contribution in [3.8, 4) is 11.5 Å². The van der Waals surface area contributed by atoms with Crippen molar-refractivity contribution < 1.29 is 19.1 Å². The van der Waals surface area contributed by atoms with E-state index in [2.05, 4.69) is 31.4 Å². The van der Waals surface area contributed by atoms with Gasteiger partial charge < -0.3 is 4.42 Å². The molecule has 0 fully saturated rings. The standard InChI is InChI=1S/C15H8BrN5O6/c16-10-3-1-8(2-4-10)14-18-19-15(27-14)17-13(22)9-5-11(20(23)24)7-12(6-9)21(25)26/h1-7H,(H,17,19,22). The average Bonchev–Trinajstić information content (AvgIpc) is 3.10. The molecule has 0 atom stereocenters.